The van der Waals surface area contributed by atoms with Crippen LogP contribution in [0.5, 0.6) is 5.75 Å². The normalized spacial score (nSPS) is 10.5. The van der Waals surface area contributed by atoms with Crippen LogP contribution in [0, 0.1) is 15.9 Å². The Bertz CT molecular complexity index is 749. The number of carbonyl (C=O) groups excluding carboxylic acids is 1. The van der Waals surface area contributed by atoms with E-state index < -0.39 is 16.6 Å². The number of hydrogen-bond donors (Lipinski definition) is 1. The Hall–Kier alpha value is -3.29. The highest BCUT2D eigenvalue weighted by atomic mass is 19.1. The minimum Gasteiger partial charge on any atom is -0.484 e. The van der Waals surface area contributed by atoms with Gasteiger partial charge in [-0.3, -0.25) is 14.9 Å². The van der Waals surface area contributed by atoms with Crippen LogP contribution >= 0.6 is 0 Å². The van der Waals surface area contributed by atoms with Gasteiger partial charge in [-0.25, -0.2) is 9.82 Å². The molecular formula is C15H12FN3O4. The van der Waals surface area contributed by atoms with E-state index in [4.69, 9.17) is 4.74 Å². The standard InChI is InChI=1S/C15H12FN3O4/c16-12-4-2-6-14(8-12)23-10-15(20)18-17-9-11-3-1-5-13(7-11)19(21)22/h1-9H,10H2,(H,18,20)/b17-9-. The van der Waals surface area contributed by atoms with Gasteiger partial charge in [-0.05, 0) is 12.1 Å². The predicted molar refractivity (Wildman–Crippen MR) is 80.7 cm³/mol. The topological polar surface area (TPSA) is 93.8 Å². The lowest BCUT2D eigenvalue weighted by molar-refractivity contribution is -0.384. The van der Waals surface area contributed by atoms with Crippen molar-refractivity contribution in [1.29, 1.82) is 0 Å². The molecule has 0 aliphatic carbocycles. The first-order valence-corrected chi connectivity index (χ1v) is 6.49. The second kappa shape index (κ2) is 7.64. The summed E-state index contributed by atoms with van der Waals surface area (Å²) in [5, 5.41) is 14.3. The second-order valence-electron chi connectivity index (χ2n) is 4.39. The van der Waals surface area contributed by atoms with Gasteiger partial charge in [0.1, 0.15) is 11.6 Å². The Labute approximate surface area is 130 Å². The molecule has 23 heavy (non-hydrogen) atoms. The van der Waals surface area contributed by atoms with Gasteiger partial charge in [0, 0.05) is 23.8 Å². The predicted octanol–water partition coefficient (Wildman–Crippen LogP) is 2.26. The smallest absolute Gasteiger partial charge is 0.277 e. The second-order valence-corrected chi connectivity index (χ2v) is 4.39. The Morgan fingerprint density at radius 2 is 2.09 bits per heavy atom. The van der Waals surface area contributed by atoms with E-state index in [2.05, 4.69) is 10.5 Å². The van der Waals surface area contributed by atoms with Crippen molar-refractivity contribution in [3.8, 4) is 5.75 Å². The lowest BCUT2D eigenvalue weighted by Gasteiger charge is -2.04. The molecule has 2 aromatic carbocycles. The largest absolute Gasteiger partial charge is 0.484 e. The van der Waals surface area contributed by atoms with Crippen LogP contribution in [0.4, 0.5) is 10.1 Å². The molecule has 0 radical (unpaired) electrons. The lowest BCUT2D eigenvalue weighted by Crippen LogP contribution is -2.24. The van der Waals surface area contributed by atoms with Crippen molar-refractivity contribution in [1.82, 2.24) is 5.43 Å². The Balaban J connectivity index is 1.84. The Morgan fingerprint density at radius 1 is 1.30 bits per heavy atom. The first-order valence-electron chi connectivity index (χ1n) is 6.49. The third kappa shape index (κ3) is 5.20. The highest BCUT2D eigenvalue weighted by Crippen LogP contribution is 2.12. The molecular weight excluding hydrogens is 305 g/mol. The van der Waals surface area contributed by atoms with Gasteiger partial charge in [-0.1, -0.05) is 18.2 Å². The maximum Gasteiger partial charge on any atom is 0.277 e. The summed E-state index contributed by atoms with van der Waals surface area (Å²) in [7, 11) is 0. The van der Waals surface area contributed by atoms with E-state index in [1.165, 1.54) is 42.6 Å². The quantitative estimate of drug-likeness (QED) is 0.502. The van der Waals surface area contributed by atoms with Crippen LogP contribution in [-0.2, 0) is 4.79 Å². The van der Waals surface area contributed by atoms with E-state index in [0.717, 1.165) is 6.07 Å². The number of rotatable bonds is 6. The van der Waals surface area contributed by atoms with Gasteiger partial charge < -0.3 is 4.74 Å². The Kier molecular flexibility index (Phi) is 5.35. The number of nitrogens with zero attached hydrogens (tertiary/aromatic N) is 2. The maximum absolute atomic E-state index is 12.9. The average molecular weight is 317 g/mol. The number of non-ortho nitro benzene ring substituents is 1. The summed E-state index contributed by atoms with van der Waals surface area (Å²) in [6, 6.07) is 11.2. The Morgan fingerprint density at radius 3 is 2.83 bits per heavy atom. The van der Waals surface area contributed by atoms with E-state index >= 15 is 0 Å². The fraction of sp³-hybridized carbons (Fsp3) is 0.0667. The molecule has 2 aromatic rings. The van der Waals surface area contributed by atoms with E-state index in [-0.39, 0.29) is 18.0 Å². The van der Waals surface area contributed by atoms with Gasteiger partial charge >= 0.3 is 0 Å². The van der Waals surface area contributed by atoms with E-state index in [1.54, 1.807) is 6.07 Å². The highest BCUT2D eigenvalue weighted by Gasteiger charge is 2.05. The number of ether oxygens (including phenoxy) is 1. The van der Waals surface area contributed by atoms with Crippen LogP contribution in [0.25, 0.3) is 0 Å². The summed E-state index contributed by atoms with van der Waals surface area (Å²) >= 11 is 0. The van der Waals surface area contributed by atoms with Crippen LogP contribution in [0.15, 0.2) is 53.6 Å². The molecule has 0 unspecified atom stereocenters. The maximum atomic E-state index is 12.9. The molecule has 7 nitrogen and oxygen atoms in total. The molecule has 1 amide bonds. The van der Waals surface area contributed by atoms with Crippen molar-refractivity contribution >= 4 is 17.8 Å². The summed E-state index contributed by atoms with van der Waals surface area (Å²) in [5.41, 5.74) is 2.60. The molecule has 0 bridgehead atoms. The van der Waals surface area contributed by atoms with Gasteiger partial charge in [0.25, 0.3) is 11.6 Å². The number of carbonyl (C=O) groups is 1. The molecule has 0 fully saturated rings. The van der Waals surface area contributed by atoms with E-state index in [9.17, 15) is 19.3 Å². The van der Waals surface area contributed by atoms with E-state index in [1.807, 2.05) is 0 Å². The van der Waals surface area contributed by atoms with Gasteiger partial charge in [-0.2, -0.15) is 5.10 Å². The van der Waals surface area contributed by atoms with Crippen molar-refractivity contribution in [2.45, 2.75) is 0 Å². The number of hydrogen-bond acceptors (Lipinski definition) is 5. The minimum atomic E-state index is -0.545. The number of amides is 1. The molecule has 0 atom stereocenters. The molecule has 118 valence electrons. The molecule has 1 N–H and O–H groups in total. The fourth-order valence-electron chi connectivity index (χ4n) is 1.64. The average Bonchev–Trinajstić information content (AvgIpc) is 2.53. The number of nitrogens with one attached hydrogen (secondary N) is 1. The zero-order chi connectivity index (χ0) is 16.7. The number of hydrazone groups is 1. The summed E-state index contributed by atoms with van der Waals surface area (Å²) < 4.78 is 18.0. The zero-order valence-corrected chi connectivity index (χ0v) is 11.8. The molecule has 0 aliphatic rings. The molecule has 0 spiro atoms. The number of nitro groups is 1. The molecule has 0 aromatic heterocycles. The van der Waals surface area contributed by atoms with Crippen LogP contribution in [-0.4, -0.2) is 23.7 Å². The van der Waals surface area contributed by atoms with Gasteiger partial charge in [-0.15, -0.1) is 0 Å². The molecule has 0 aliphatic heterocycles. The first kappa shape index (κ1) is 16.1. The van der Waals surface area contributed by atoms with Gasteiger partial charge in [0.05, 0.1) is 11.1 Å². The van der Waals surface area contributed by atoms with Crippen LogP contribution in [0.2, 0.25) is 0 Å². The number of benzene rings is 2. The number of halogens is 1. The van der Waals surface area contributed by atoms with Crippen molar-refractivity contribution in [2.75, 3.05) is 6.61 Å². The highest BCUT2D eigenvalue weighted by molar-refractivity contribution is 5.83. The molecule has 0 saturated carbocycles. The monoisotopic (exact) mass is 317 g/mol. The van der Waals surface area contributed by atoms with Crippen molar-refractivity contribution in [2.24, 2.45) is 5.10 Å². The molecule has 8 heteroatoms. The zero-order valence-electron chi connectivity index (χ0n) is 11.8. The summed E-state index contributed by atoms with van der Waals surface area (Å²) in [5.74, 6) is -0.787. The van der Waals surface area contributed by atoms with Crippen LogP contribution < -0.4 is 10.2 Å². The van der Waals surface area contributed by atoms with Crippen LogP contribution in [0.3, 0.4) is 0 Å². The molecule has 2 rings (SSSR count). The van der Waals surface area contributed by atoms with Crippen molar-refractivity contribution in [3.63, 3.8) is 0 Å². The first-order chi connectivity index (χ1) is 11.0. The third-order valence-electron chi connectivity index (χ3n) is 2.65. The molecule has 0 saturated heterocycles. The minimum absolute atomic E-state index is 0.0743. The van der Waals surface area contributed by atoms with Crippen molar-refractivity contribution < 1.29 is 18.8 Å². The number of nitro benzene ring substituents is 1. The SMILES string of the molecule is O=C(COc1cccc(F)c1)N/N=C\c1cccc([N+](=O)[O-])c1. The van der Waals surface area contributed by atoms with Gasteiger partial charge in [0.2, 0.25) is 0 Å². The van der Waals surface area contributed by atoms with E-state index in [0.29, 0.717) is 5.56 Å². The van der Waals surface area contributed by atoms with Crippen molar-refractivity contribution in [3.05, 3.63) is 70.0 Å². The summed E-state index contributed by atoms with van der Waals surface area (Å²) in [6.07, 6.45) is 1.27. The summed E-state index contributed by atoms with van der Waals surface area (Å²) in [4.78, 5) is 21.6. The third-order valence-corrected chi connectivity index (χ3v) is 2.65. The lowest BCUT2D eigenvalue weighted by atomic mass is 10.2. The fourth-order valence-corrected chi connectivity index (χ4v) is 1.64. The molecule has 0 heterocycles. The van der Waals surface area contributed by atoms with Gasteiger partial charge in [0.15, 0.2) is 6.61 Å². The van der Waals surface area contributed by atoms with Crippen LogP contribution in [0.1, 0.15) is 5.56 Å². The summed E-state index contributed by atoms with van der Waals surface area (Å²) in [6.45, 7) is -0.338.